The Balaban J connectivity index is 1.37. The molecule has 39 heavy (non-hydrogen) atoms. The molecule has 5 rings (SSSR count). The van der Waals surface area contributed by atoms with E-state index in [4.69, 9.17) is 24.7 Å². The Hall–Kier alpha value is -2.80. The summed E-state index contributed by atoms with van der Waals surface area (Å²) in [5, 5.41) is -0.178. The van der Waals surface area contributed by atoms with E-state index in [1.165, 1.54) is 4.46 Å². The summed E-state index contributed by atoms with van der Waals surface area (Å²) in [4.78, 5) is 0. The van der Waals surface area contributed by atoms with E-state index in [9.17, 15) is 0 Å². The molecule has 1 fully saturated rings. The van der Waals surface area contributed by atoms with Crippen molar-refractivity contribution < 1.29 is 18.9 Å². The molecule has 5 atom stereocenters. The Morgan fingerprint density at radius 3 is 1.59 bits per heavy atom. The monoisotopic (exact) mass is 589 g/mol. The zero-order valence-electron chi connectivity index (χ0n) is 21.9. The van der Waals surface area contributed by atoms with Gasteiger partial charge in [-0.2, -0.15) is 0 Å². The van der Waals surface area contributed by atoms with Crippen LogP contribution in [0.25, 0.3) is 0 Å². The molecule has 4 aromatic carbocycles. The molecule has 0 unspecified atom stereocenters. The van der Waals surface area contributed by atoms with Crippen LogP contribution in [0.15, 0.2) is 121 Å². The van der Waals surface area contributed by atoms with E-state index < -0.39 is 0 Å². The van der Waals surface area contributed by atoms with Crippen LogP contribution in [0, 0.1) is 0 Å². The van der Waals surface area contributed by atoms with Crippen molar-refractivity contribution in [3.63, 3.8) is 0 Å². The third-order valence-electron chi connectivity index (χ3n) is 6.65. The molecule has 1 aliphatic heterocycles. The molecule has 4 aromatic rings. The number of ether oxygens (including phenoxy) is 4. The molecule has 2 N–H and O–H groups in total. The van der Waals surface area contributed by atoms with Gasteiger partial charge >= 0.3 is 238 Å². The summed E-state index contributed by atoms with van der Waals surface area (Å²) >= 11 is -0.00286. The van der Waals surface area contributed by atoms with Gasteiger partial charge in [-0.3, -0.25) is 0 Å². The Morgan fingerprint density at radius 1 is 0.590 bits per heavy atom. The van der Waals surface area contributed by atoms with Crippen LogP contribution in [0.3, 0.4) is 0 Å². The second-order valence-corrected chi connectivity index (χ2v) is 12.0. The van der Waals surface area contributed by atoms with E-state index in [2.05, 4.69) is 60.7 Å². The third kappa shape index (κ3) is 8.10. The van der Waals surface area contributed by atoms with Crippen molar-refractivity contribution in [3.05, 3.63) is 138 Å². The predicted molar refractivity (Wildman–Crippen MR) is 155 cm³/mol. The molecule has 1 saturated heterocycles. The standard InChI is InChI=1S/C33H35NO4Se/c34-30-32(37-23-27-17-9-3-10-18-27)31(36-22-26-15-7-2-8-16-26)29(24-35-21-25-13-5-1-6-14-25)38-33(30)39-28-19-11-4-12-20-28/h1-20,29-33H,21-24,34H2/t29-,30-,31+,32-,33-/m1/s1. The predicted octanol–water partition coefficient (Wildman–Crippen LogP) is 4.46. The van der Waals surface area contributed by atoms with Crippen LogP contribution in [-0.2, 0) is 38.8 Å². The molecule has 0 bridgehead atoms. The third-order valence-corrected chi connectivity index (χ3v) is 9.17. The van der Waals surface area contributed by atoms with Gasteiger partial charge in [-0.1, -0.05) is 0 Å². The summed E-state index contributed by atoms with van der Waals surface area (Å²) in [6.45, 7) is 1.78. The van der Waals surface area contributed by atoms with Gasteiger partial charge in [0.25, 0.3) is 0 Å². The summed E-state index contributed by atoms with van der Waals surface area (Å²) in [5.41, 5.74) is 10.2. The maximum absolute atomic E-state index is 6.92. The topological polar surface area (TPSA) is 62.9 Å². The molecule has 0 aromatic heterocycles. The zero-order valence-corrected chi connectivity index (χ0v) is 23.6. The first-order chi connectivity index (χ1) is 19.3. The first-order valence-electron chi connectivity index (χ1n) is 13.3. The summed E-state index contributed by atoms with van der Waals surface area (Å²) < 4.78 is 27.2. The first kappa shape index (κ1) is 27.8. The number of hydrogen-bond acceptors (Lipinski definition) is 5. The van der Waals surface area contributed by atoms with Crippen molar-refractivity contribution in [2.45, 2.75) is 49.2 Å². The van der Waals surface area contributed by atoms with Crippen LogP contribution < -0.4 is 10.2 Å². The van der Waals surface area contributed by atoms with Crippen LogP contribution in [0.2, 0.25) is 0 Å². The fraction of sp³-hybridized carbons (Fsp3) is 0.273. The van der Waals surface area contributed by atoms with Crippen LogP contribution in [0.5, 0.6) is 0 Å². The molecule has 0 amide bonds. The minimum atomic E-state index is -0.387. The van der Waals surface area contributed by atoms with Gasteiger partial charge < -0.3 is 0 Å². The molecule has 6 heteroatoms. The molecule has 0 radical (unpaired) electrons. The number of rotatable bonds is 12. The van der Waals surface area contributed by atoms with Crippen molar-refractivity contribution in [2.75, 3.05) is 6.61 Å². The van der Waals surface area contributed by atoms with E-state index in [0.29, 0.717) is 26.4 Å². The van der Waals surface area contributed by atoms with E-state index in [-0.39, 0.29) is 44.3 Å². The van der Waals surface area contributed by atoms with Crippen molar-refractivity contribution in [2.24, 2.45) is 5.73 Å². The van der Waals surface area contributed by atoms with Gasteiger partial charge in [-0.25, -0.2) is 0 Å². The zero-order chi connectivity index (χ0) is 26.7. The van der Waals surface area contributed by atoms with Crippen molar-refractivity contribution in [1.29, 1.82) is 0 Å². The fourth-order valence-electron chi connectivity index (χ4n) is 4.61. The normalized spacial score (nSPS) is 22.9. The SMILES string of the molecule is N[C@@H]1[C@@H](OCc2ccccc2)[C@@H](OCc2ccccc2)[C@@H](COCc2ccccc2)O[C@@H]1[Se]c1ccccc1. The molecular formula is C33H35NO4Se. The molecule has 202 valence electrons. The number of hydrogen-bond donors (Lipinski definition) is 1. The summed E-state index contributed by atoms with van der Waals surface area (Å²) in [7, 11) is 0. The minimum absolute atomic E-state index is 0.00286. The maximum atomic E-state index is 6.92. The van der Waals surface area contributed by atoms with Crippen molar-refractivity contribution >= 4 is 19.4 Å². The number of nitrogens with two attached hydrogens (primary N) is 1. The number of benzene rings is 4. The van der Waals surface area contributed by atoms with Gasteiger partial charge in [0.05, 0.1) is 0 Å². The summed E-state index contributed by atoms with van der Waals surface area (Å²) in [6.07, 6.45) is -1.07. The quantitative estimate of drug-likeness (QED) is 0.248. The summed E-state index contributed by atoms with van der Waals surface area (Å²) in [5.74, 6) is 0. The molecular weight excluding hydrogens is 553 g/mol. The van der Waals surface area contributed by atoms with E-state index in [1.54, 1.807) is 0 Å². The fourth-order valence-corrected chi connectivity index (χ4v) is 6.90. The van der Waals surface area contributed by atoms with Crippen LogP contribution in [0.1, 0.15) is 16.7 Å². The second-order valence-electron chi connectivity index (χ2n) is 9.57. The average Bonchev–Trinajstić information content (AvgIpc) is 2.99. The van der Waals surface area contributed by atoms with Gasteiger partial charge in [-0.15, -0.1) is 0 Å². The average molecular weight is 589 g/mol. The molecule has 0 saturated carbocycles. The van der Waals surface area contributed by atoms with Gasteiger partial charge in [0, 0.05) is 0 Å². The summed E-state index contributed by atoms with van der Waals surface area (Å²) in [6, 6.07) is 40.6. The molecule has 1 aliphatic rings. The first-order valence-corrected chi connectivity index (χ1v) is 15.2. The Labute approximate surface area is 237 Å². The second kappa shape index (κ2) is 14.5. The van der Waals surface area contributed by atoms with Crippen LogP contribution >= 0.6 is 0 Å². The van der Waals surface area contributed by atoms with Gasteiger partial charge in [0.2, 0.25) is 0 Å². The Bertz CT molecular complexity index is 1230. The Kier molecular flexibility index (Phi) is 10.4. The molecule has 0 aliphatic carbocycles. The molecule has 5 nitrogen and oxygen atoms in total. The Morgan fingerprint density at radius 2 is 1.05 bits per heavy atom. The van der Waals surface area contributed by atoms with Crippen molar-refractivity contribution in [3.8, 4) is 0 Å². The van der Waals surface area contributed by atoms with E-state index >= 15 is 0 Å². The van der Waals surface area contributed by atoms with Crippen LogP contribution in [0.4, 0.5) is 0 Å². The van der Waals surface area contributed by atoms with E-state index in [0.717, 1.165) is 16.7 Å². The molecule has 1 heterocycles. The van der Waals surface area contributed by atoms with Gasteiger partial charge in [0.1, 0.15) is 0 Å². The van der Waals surface area contributed by atoms with E-state index in [1.807, 2.05) is 60.7 Å². The van der Waals surface area contributed by atoms with Crippen molar-refractivity contribution in [1.82, 2.24) is 0 Å². The van der Waals surface area contributed by atoms with Crippen LogP contribution in [-0.4, -0.2) is 50.9 Å². The van der Waals surface area contributed by atoms with Gasteiger partial charge in [0.15, 0.2) is 0 Å². The molecule has 0 spiro atoms. The van der Waals surface area contributed by atoms with Gasteiger partial charge in [-0.05, 0) is 0 Å².